The number of halogens is 1. The van der Waals surface area contributed by atoms with Crippen LogP contribution in [0.3, 0.4) is 0 Å². The van der Waals surface area contributed by atoms with Crippen LogP contribution in [0.2, 0.25) is 0 Å². The predicted molar refractivity (Wildman–Crippen MR) is 104 cm³/mol. The molecule has 0 radical (unpaired) electrons. The molecule has 0 N–H and O–H groups in total. The molecule has 150 valence electrons. The Morgan fingerprint density at radius 2 is 2.14 bits per heavy atom. The number of benzene rings is 1. The maximum atomic E-state index is 13.4. The Kier molecular flexibility index (Phi) is 5.24. The van der Waals surface area contributed by atoms with Gasteiger partial charge in [0.05, 0.1) is 23.7 Å². The Balaban J connectivity index is 1.49. The van der Waals surface area contributed by atoms with Gasteiger partial charge in [-0.15, -0.1) is 0 Å². The number of ether oxygens (including phenoxy) is 1. The van der Waals surface area contributed by atoms with Gasteiger partial charge in [-0.05, 0) is 31.9 Å². The minimum Gasteiger partial charge on any atom is -0.437 e. The van der Waals surface area contributed by atoms with E-state index in [-0.39, 0.29) is 17.6 Å². The van der Waals surface area contributed by atoms with E-state index in [0.29, 0.717) is 30.3 Å². The molecular formula is C21H22FN5O2. The first-order chi connectivity index (χ1) is 14.0. The summed E-state index contributed by atoms with van der Waals surface area (Å²) in [6.45, 7) is 3.15. The van der Waals surface area contributed by atoms with E-state index in [2.05, 4.69) is 15.1 Å². The van der Waals surface area contributed by atoms with Crippen LogP contribution in [0, 0.1) is 12.7 Å². The van der Waals surface area contributed by atoms with Crippen LogP contribution >= 0.6 is 0 Å². The predicted octanol–water partition coefficient (Wildman–Crippen LogP) is 3.47. The minimum atomic E-state index is -0.376. The molecule has 1 fully saturated rings. The fourth-order valence-corrected chi connectivity index (χ4v) is 3.54. The van der Waals surface area contributed by atoms with Gasteiger partial charge in [0.1, 0.15) is 11.6 Å². The number of nitrogens with zero attached hydrogens (tertiary/aromatic N) is 5. The number of carbonyl (C=O) groups is 1. The van der Waals surface area contributed by atoms with Gasteiger partial charge in [-0.2, -0.15) is 5.10 Å². The third-order valence-electron chi connectivity index (χ3n) is 5.24. The van der Waals surface area contributed by atoms with Crippen LogP contribution in [0.1, 0.15) is 40.5 Å². The quantitative estimate of drug-likeness (QED) is 0.676. The Morgan fingerprint density at radius 1 is 1.28 bits per heavy atom. The van der Waals surface area contributed by atoms with Crippen LogP contribution in [0.4, 0.5) is 4.39 Å². The molecule has 3 aromatic rings. The van der Waals surface area contributed by atoms with E-state index in [4.69, 9.17) is 4.74 Å². The number of hydrogen-bond donors (Lipinski definition) is 0. The van der Waals surface area contributed by atoms with Gasteiger partial charge in [0, 0.05) is 44.0 Å². The monoisotopic (exact) mass is 395 g/mol. The van der Waals surface area contributed by atoms with Gasteiger partial charge in [0.25, 0.3) is 5.91 Å². The Hall–Kier alpha value is -3.29. The first kappa shape index (κ1) is 19.0. The zero-order valence-corrected chi connectivity index (χ0v) is 16.4. The lowest BCUT2D eigenvalue weighted by Gasteiger charge is -2.32. The van der Waals surface area contributed by atoms with E-state index >= 15 is 0 Å². The zero-order chi connectivity index (χ0) is 20.4. The second-order valence-electron chi connectivity index (χ2n) is 7.20. The van der Waals surface area contributed by atoms with E-state index in [9.17, 15) is 9.18 Å². The van der Waals surface area contributed by atoms with E-state index in [0.717, 1.165) is 24.2 Å². The van der Waals surface area contributed by atoms with E-state index < -0.39 is 0 Å². The van der Waals surface area contributed by atoms with Crippen LogP contribution in [0.5, 0.6) is 11.6 Å². The summed E-state index contributed by atoms with van der Waals surface area (Å²) in [5.74, 6) is 0.344. The fraction of sp³-hybridized carbons (Fsp3) is 0.333. The number of amides is 1. The SMILES string of the molecule is Cc1c(C(=O)N2CCCC(c3cncc(Oc4cccc(F)c4)n3)C2)cnn1C. The van der Waals surface area contributed by atoms with Crippen molar-refractivity contribution < 1.29 is 13.9 Å². The molecule has 1 amide bonds. The van der Waals surface area contributed by atoms with Crippen molar-refractivity contribution >= 4 is 5.91 Å². The highest BCUT2D eigenvalue weighted by Gasteiger charge is 2.28. The van der Waals surface area contributed by atoms with Crippen molar-refractivity contribution in [2.24, 2.45) is 7.05 Å². The van der Waals surface area contributed by atoms with Crippen molar-refractivity contribution in [1.82, 2.24) is 24.6 Å². The zero-order valence-electron chi connectivity index (χ0n) is 16.4. The lowest BCUT2D eigenvalue weighted by Crippen LogP contribution is -2.39. The second-order valence-corrected chi connectivity index (χ2v) is 7.20. The highest BCUT2D eigenvalue weighted by atomic mass is 19.1. The van der Waals surface area contributed by atoms with Crippen molar-refractivity contribution in [3.63, 3.8) is 0 Å². The van der Waals surface area contributed by atoms with Gasteiger partial charge < -0.3 is 9.64 Å². The summed E-state index contributed by atoms with van der Waals surface area (Å²) in [6, 6.07) is 5.89. The molecule has 29 heavy (non-hydrogen) atoms. The van der Waals surface area contributed by atoms with Gasteiger partial charge in [0.2, 0.25) is 5.88 Å². The van der Waals surface area contributed by atoms with Crippen LogP contribution in [-0.4, -0.2) is 43.6 Å². The number of aryl methyl sites for hydroxylation is 1. The summed E-state index contributed by atoms with van der Waals surface area (Å²) >= 11 is 0. The summed E-state index contributed by atoms with van der Waals surface area (Å²) in [5, 5.41) is 4.17. The molecule has 7 nitrogen and oxygen atoms in total. The largest absolute Gasteiger partial charge is 0.437 e. The second kappa shape index (κ2) is 7.98. The van der Waals surface area contributed by atoms with Gasteiger partial charge >= 0.3 is 0 Å². The first-order valence-corrected chi connectivity index (χ1v) is 9.54. The lowest BCUT2D eigenvalue weighted by molar-refractivity contribution is 0.0705. The molecule has 1 aliphatic rings. The fourth-order valence-electron chi connectivity index (χ4n) is 3.54. The molecule has 0 spiro atoms. The summed E-state index contributed by atoms with van der Waals surface area (Å²) in [6.07, 6.45) is 6.61. The van der Waals surface area contributed by atoms with Gasteiger partial charge in [0.15, 0.2) is 0 Å². The Labute approximate surface area is 168 Å². The molecule has 1 atom stereocenters. The van der Waals surface area contributed by atoms with E-state index in [1.54, 1.807) is 29.2 Å². The van der Waals surface area contributed by atoms with Gasteiger partial charge in [-0.1, -0.05) is 6.07 Å². The smallest absolute Gasteiger partial charge is 0.257 e. The topological polar surface area (TPSA) is 73.1 Å². The number of aromatic nitrogens is 4. The van der Waals surface area contributed by atoms with Crippen molar-refractivity contribution in [2.45, 2.75) is 25.7 Å². The number of likely N-dealkylation sites (tertiary alicyclic amines) is 1. The summed E-state index contributed by atoms with van der Waals surface area (Å²) in [7, 11) is 1.82. The molecule has 1 aromatic carbocycles. The third kappa shape index (κ3) is 4.11. The van der Waals surface area contributed by atoms with Crippen LogP contribution in [0.25, 0.3) is 0 Å². The molecule has 0 saturated carbocycles. The Bertz CT molecular complexity index is 1040. The maximum Gasteiger partial charge on any atom is 0.257 e. The van der Waals surface area contributed by atoms with Crippen LogP contribution in [-0.2, 0) is 7.05 Å². The molecule has 1 aliphatic heterocycles. The third-order valence-corrected chi connectivity index (χ3v) is 5.24. The van der Waals surface area contributed by atoms with Crippen molar-refractivity contribution in [2.75, 3.05) is 13.1 Å². The molecule has 1 unspecified atom stereocenters. The summed E-state index contributed by atoms with van der Waals surface area (Å²) in [4.78, 5) is 23.5. The number of rotatable bonds is 4. The summed E-state index contributed by atoms with van der Waals surface area (Å²) < 4.78 is 20.7. The molecule has 4 rings (SSSR count). The maximum absolute atomic E-state index is 13.4. The van der Waals surface area contributed by atoms with E-state index in [1.165, 1.54) is 18.3 Å². The molecule has 3 heterocycles. The molecule has 2 aromatic heterocycles. The lowest BCUT2D eigenvalue weighted by atomic mass is 9.94. The number of piperidine rings is 1. The summed E-state index contributed by atoms with van der Waals surface area (Å²) in [5.41, 5.74) is 2.24. The van der Waals surface area contributed by atoms with Crippen molar-refractivity contribution in [3.8, 4) is 11.6 Å². The van der Waals surface area contributed by atoms with Gasteiger partial charge in [-0.25, -0.2) is 9.37 Å². The van der Waals surface area contributed by atoms with Gasteiger partial charge in [-0.3, -0.25) is 14.5 Å². The van der Waals surface area contributed by atoms with Crippen molar-refractivity contribution in [1.29, 1.82) is 0 Å². The normalized spacial score (nSPS) is 16.7. The number of carbonyl (C=O) groups excluding carboxylic acids is 1. The van der Waals surface area contributed by atoms with Crippen LogP contribution in [0.15, 0.2) is 42.9 Å². The standard InChI is InChI=1S/C21H22FN5O2/c1-14-18(10-24-26(14)2)21(28)27-8-4-5-15(13-27)19-11-23-12-20(25-19)29-17-7-3-6-16(22)9-17/h3,6-7,9-12,15H,4-5,8,13H2,1-2H3. The van der Waals surface area contributed by atoms with Crippen LogP contribution < -0.4 is 4.74 Å². The molecular weight excluding hydrogens is 373 g/mol. The highest BCUT2D eigenvalue weighted by Crippen LogP contribution is 2.28. The van der Waals surface area contributed by atoms with E-state index in [1.807, 2.05) is 18.9 Å². The average molecular weight is 395 g/mol. The molecule has 1 saturated heterocycles. The molecule has 0 aliphatic carbocycles. The molecule has 0 bridgehead atoms. The van der Waals surface area contributed by atoms with Crippen molar-refractivity contribution in [3.05, 3.63) is 65.6 Å². The first-order valence-electron chi connectivity index (χ1n) is 9.54. The average Bonchev–Trinajstić information content (AvgIpc) is 3.06. The highest BCUT2D eigenvalue weighted by molar-refractivity contribution is 5.95. The number of hydrogen-bond acceptors (Lipinski definition) is 5. The molecule has 8 heteroatoms. The Morgan fingerprint density at radius 3 is 2.90 bits per heavy atom. The minimum absolute atomic E-state index is 0.0135.